The van der Waals surface area contributed by atoms with Crippen molar-refractivity contribution >= 4 is 28.2 Å². The molecule has 1 saturated heterocycles. The molecule has 126 valence electrons. The SMILES string of the molecule is O=C(Nc1nncs1)c1ccc(N2CCC3(CCCCC3)C2)nc1. The molecular formula is C17H21N5OS. The Kier molecular flexibility index (Phi) is 4.18. The van der Waals surface area contributed by atoms with Gasteiger partial charge in [-0.1, -0.05) is 30.6 Å². The van der Waals surface area contributed by atoms with E-state index in [2.05, 4.69) is 25.4 Å². The van der Waals surface area contributed by atoms with Gasteiger partial charge in [0.15, 0.2) is 0 Å². The third-order valence-corrected chi connectivity index (χ3v) is 5.87. The topological polar surface area (TPSA) is 71.0 Å². The zero-order valence-electron chi connectivity index (χ0n) is 13.6. The largest absolute Gasteiger partial charge is 0.356 e. The summed E-state index contributed by atoms with van der Waals surface area (Å²) in [6, 6.07) is 3.79. The van der Waals surface area contributed by atoms with Gasteiger partial charge in [-0.15, -0.1) is 10.2 Å². The van der Waals surface area contributed by atoms with E-state index in [9.17, 15) is 4.79 Å². The van der Waals surface area contributed by atoms with Crippen molar-refractivity contribution in [2.75, 3.05) is 23.3 Å². The van der Waals surface area contributed by atoms with Crippen molar-refractivity contribution < 1.29 is 4.79 Å². The second-order valence-corrected chi connectivity index (χ2v) is 7.67. The van der Waals surface area contributed by atoms with Crippen molar-refractivity contribution in [3.05, 3.63) is 29.4 Å². The zero-order valence-corrected chi connectivity index (χ0v) is 14.4. The standard InChI is InChI=1S/C17H21N5OS/c23-15(20-16-21-19-12-24-16)13-4-5-14(18-10-13)22-9-8-17(11-22)6-2-1-3-7-17/h4-5,10,12H,1-3,6-9,11H2,(H,20,21,23). The highest BCUT2D eigenvalue weighted by atomic mass is 32.1. The number of carbonyl (C=O) groups excluding carboxylic acids is 1. The minimum absolute atomic E-state index is 0.198. The van der Waals surface area contributed by atoms with Crippen LogP contribution >= 0.6 is 11.3 Å². The first-order valence-corrected chi connectivity index (χ1v) is 9.41. The van der Waals surface area contributed by atoms with Gasteiger partial charge in [0.1, 0.15) is 11.3 Å². The predicted molar refractivity (Wildman–Crippen MR) is 94.4 cm³/mol. The highest BCUT2D eigenvalue weighted by molar-refractivity contribution is 7.13. The summed E-state index contributed by atoms with van der Waals surface area (Å²) in [5, 5.41) is 10.8. The van der Waals surface area contributed by atoms with Crippen LogP contribution in [0.5, 0.6) is 0 Å². The molecular weight excluding hydrogens is 322 g/mol. The molecule has 1 amide bonds. The highest BCUT2D eigenvalue weighted by Gasteiger charge is 2.39. The summed E-state index contributed by atoms with van der Waals surface area (Å²) in [5.74, 6) is 0.779. The second kappa shape index (κ2) is 6.47. The number of carbonyl (C=O) groups is 1. The Balaban J connectivity index is 1.41. The molecule has 0 atom stereocenters. The van der Waals surface area contributed by atoms with Gasteiger partial charge in [0, 0.05) is 19.3 Å². The molecule has 2 aliphatic rings. The van der Waals surface area contributed by atoms with E-state index < -0.39 is 0 Å². The van der Waals surface area contributed by atoms with Crippen LogP contribution in [0.2, 0.25) is 0 Å². The van der Waals surface area contributed by atoms with Crippen LogP contribution in [0.3, 0.4) is 0 Å². The molecule has 1 spiro atoms. The Morgan fingerprint density at radius 2 is 2.08 bits per heavy atom. The zero-order chi connectivity index (χ0) is 16.4. The average Bonchev–Trinajstić information content (AvgIpc) is 3.26. The predicted octanol–water partition coefficient (Wildman–Crippen LogP) is 3.35. The van der Waals surface area contributed by atoms with Crippen LogP contribution in [0.1, 0.15) is 48.9 Å². The number of pyridine rings is 1. The van der Waals surface area contributed by atoms with Crippen LogP contribution in [0, 0.1) is 5.41 Å². The number of rotatable bonds is 3. The lowest BCUT2D eigenvalue weighted by atomic mass is 9.73. The molecule has 3 heterocycles. The van der Waals surface area contributed by atoms with Gasteiger partial charge in [0.2, 0.25) is 5.13 Å². The lowest BCUT2D eigenvalue weighted by Crippen LogP contribution is -2.29. The number of anilines is 2. The molecule has 7 heteroatoms. The van der Waals surface area contributed by atoms with Crippen LogP contribution < -0.4 is 10.2 Å². The second-order valence-electron chi connectivity index (χ2n) is 6.84. The van der Waals surface area contributed by atoms with Gasteiger partial charge >= 0.3 is 0 Å². The molecule has 2 fully saturated rings. The summed E-state index contributed by atoms with van der Waals surface area (Å²) < 4.78 is 0. The summed E-state index contributed by atoms with van der Waals surface area (Å²) in [5.41, 5.74) is 2.64. The number of nitrogens with one attached hydrogen (secondary N) is 1. The van der Waals surface area contributed by atoms with Gasteiger partial charge < -0.3 is 4.90 Å². The van der Waals surface area contributed by atoms with E-state index in [4.69, 9.17) is 0 Å². The fourth-order valence-corrected chi connectivity index (χ4v) is 4.38. The molecule has 1 aliphatic heterocycles. The van der Waals surface area contributed by atoms with Crippen LogP contribution in [0.4, 0.5) is 10.9 Å². The Bertz CT molecular complexity index is 694. The van der Waals surface area contributed by atoms with Gasteiger partial charge in [-0.3, -0.25) is 10.1 Å². The molecule has 4 rings (SSSR count). The number of nitrogens with zero attached hydrogens (tertiary/aromatic N) is 4. The van der Waals surface area contributed by atoms with Gasteiger partial charge in [-0.2, -0.15) is 0 Å². The molecule has 2 aromatic rings. The molecule has 1 N–H and O–H groups in total. The minimum Gasteiger partial charge on any atom is -0.356 e. The van der Waals surface area contributed by atoms with Crippen LogP contribution in [0.25, 0.3) is 0 Å². The fourth-order valence-electron chi connectivity index (χ4n) is 3.94. The fraction of sp³-hybridized carbons (Fsp3) is 0.529. The summed E-state index contributed by atoms with van der Waals surface area (Å²) in [6.07, 6.45) is 9.75. The Morgan fingerprint density at radius 1 is 1.21 bits per heavy atom. The minimum atomic E-state index is -0.198. The van der Waals surface area contributed by atoms with Crippen molar-refractivity contribution in [3.63, 3.8) is 0 Å². The Hall–Kier alpha value is -2.02. The van der Waals surface area contributed by atoms with Crippen LogP contribution in [-0.2, 0) is 0 Å². The van der Waals surface area contributed by atoms with Crippen molar-refractivity contribution in [3.8, 4) is 0 Å². The van der Waals surface area contributed by atoms with E-state index in [0.717, 1.165) is 18.9 Å². The molecule has 1 aliphatic carbocycles. The van der Waals surface area contributed by atoms with Crippen LogP contribution in [-0.4, -0.2) is 34.2 Å². The van der Waals surface area contributed by atoms with Gasteiger partial charge in [-0.25, -0.2) is 4.98 Å². The third kappa shape index (κ3) is 3.13. The van der Waals surface area contributed by atoms with E-state index in [-0.39, 0.29) is 5.91 Å². The molecule has 2 aromatic heterocycles. The molecule has 24 heavy (non-hydrogen) atoms. The third-order valence-electron chi connectivity index (χ3n) is 5.27. The van der Waals surface area contributed by atoms with Crippen molar-refractivity contribution in [1.29, 1.82) is 0 Å². The molecule has 0 radical (unpaired) electrons. The first-order chi connectivity index (χ1) is 11.7. The molecule has 0 aromatic carbocycles. The normalized spacial score (nSPS) is 19.6. The van der Waals surface area contributed by atoms with E-state index in [1.807, 2.05) is 12.1 Å². The van der Waals surface area contributed by atoms with E-state index in [0.29, 0.717) is 16.1 Å². The quantitative estimate of drug-likeness (QED) is 0.925. The molecule has 0 unspecified atom stereocenters. The monoisotopic (exact) mass is 343 g/mol. The number of aromatic nitrogens is 3. The average molecular weight is 343 g/mol. The Labute approximate surface area is 145 Å². The van der Waals surface area contributed by atoms with E-state index >= 15 is 0 Å². The number of amides is 1. The van der Waals surface area contributed by atoms with E-state index in [1.165, 1.54) is 49.9 Å². The van der Waals surface area contributed by atoms with Gasteiger partial charge in [-0.05, 0) is 36.8 Å². The lowest BCUT2D eigenvalue weighted by molar-refractivity contribution is 0.102. The van der Waals surface area contributed by atoms with Crippen molar-refractivity contribution in [2.45, 2.75) is 38.5 Å². The summed E-state index contributed by atoms with van der Waals surface area (Å²) in [4.78, 5) is 19.1. The summed E-state index contributed by atoms with van der Waals surface area (Å²) >= 11 is 1.30. The molecule has 6 nitrogen and oxygen atoms in total. The number of hydrogen-bond donors (Lipinski definition) is 1. The first-order valence-electron chi connectivity index (χ1n) is 8.53. The Morgan fingerprint density at radius 3 is 2.79 bits per heavy atom. The lowest BCUT2D eigenvalue weighted by Gasteiger charge is -2.33. The van der Waals surface area contributed by atoms with Crippen molar-refractivity contribution in [1.82, 2.24) is 15.2 Å². The van der Waals surface area contributed by atoms with Gasteiger partial charge in [0.05, 0.1) is 5.56 Å². The maximum absolute atomic E-state index is 12.2. The van der Waals surface area contributed by atoms with Crippen LogP contribution in [0.15, 0.2) is 23.8 Å². The summed E-state index contributed by atoms with van der Waals surface area (Å²) in [6.45, 7) is 2.18. The van der Waals surface area contributed by atoms with Gasteiger partial charge in [0.25, 0.3) is 5.91 Å². The number of hydrogen-bond acceptors (Lipinski definition) is 6. The highest BCUT2D eigenvalue weighted by Crippen LogP contribution is 2.44. The maximum atomic E-state index is 12.2. The molecule has 0 bridgehead atoms. The summed E-state index contributed by atoms with van der Waals surface area (Å²) in [7, 11) is 0. The smallest absolute Gasteiger partial charge is 0.259 e. The van der Waals surface area contributed by atoms with E-state index in [1.54, 1.807) is 11.7 Å². The van der Waals surface area contributed by atoms with Crippen molar-refractivity contribution in [2.24, 2.45) is 5.41 Å². The first kappa shape index (κ1) is 15.5. The molecule has 1 saturated carbocycles. The maximum Gasteiger partial charge on any atom is 0.259 e.